The summed E-state index contributed by atoms with van der Waals surface area (Å²) >= 11 is 0. The molecule has 152 valence electrons. The summed E-state index contributed by atoms with van der Waals surface area (Å²) < 4.78 is 9.13. The number of rotatable bonds is 4. The number of benzene rings is 2. The van der Waals surface area contributed by atoms with E-state index >= 15 is 0 Å². The van der Waals surface area contributed by atoms with E-state index in [4.69, 9.17) is 0 Å². The maximum atomic E-state index is 10.4. The van der Waals surface area contributed by atoms with Crippen LogP contribution < -0.4 is 0 Å². The fourth-order valence-electron chi connectivity index (χ4n) is 1.28. The van der Waals surface area contributed by atoms with Crippen LogP contribution in [0.1, 0.15) is 27.7 Å². The molecule has 0 aliphatic rings. The van der Waals surface area contributed by atoms with Gasteiger partial charge in [0.2, 0.25) is 0 Å². The summed E-state index contributed by atoms with van der Waals surface area (Å²) in [6.07, 6.45) is 0. The topological polar surface area (TPSA) is 52.6 Å². The SMILES string of the molecule is C=C(C)C(=O)OCC.C=C(C)C(=O)OCC.c1ccccc1.c1ccccc1. The molecule has 28 heavy (non-hydrogen) atoms. The summed E-state index contributed by atoms with van der Waals surface area (Å²) in [5.74, 6) is -0.625. The first-order valence-electron chi connectivity index (χ1n) is 9.02. The Labute approximate surface area is 169 Å². The van der Waals surface area contributed by atoms with Gasteiger partial charge in [0, 0.05) is 11.1 Å². The van der Waals surface area contributed by atoms with Crippen LogP contribution in [-0.4, -0.2) is 25.2 Å². The molecule has 0 saturated heterocycles. The highest BCUT2D eigenvalue weighted by Gasteiger charge is 1.98. The van der Waals surface area contributed by atoms with E-state index in [1.54, 1.807) is 27.7 Å². The van der Waals surface area contributed by atoms with E-state index in [1.165, 1.54) is 0 Å². The summed E-state index contributed by atoms with van der Waals surface area (Å²) in [5.41, 5.74) is 0.902. The Hall–Kier alpha value is -3.14. The number of hydrogen-bond acceptors (Lipinski definition) is 4. The minimum absolute atomic E-state index is 0.312. The molecule has 0 atom stereocenters. The molecule has 4 nitrogen and oxygen atoms in total. The predicted octanol–water partition coefficient (Wildman–Crippen LogP) is 5.62. The molecule has 0 N–H and O–H groups in total. The lowest BCUT2D eigenvalue weighted by Gasteiger charge is -1.96. The zero-order chi connectivity index (χ0) is 21.6. The molecular formula is C24H32O4. The fraction of sp³-hybridized carbons (Fsp3) is 0.250. The van der Waals surface area contributed by atoms with Crippen molar-refractivity contribution in [3.63, 3.8) is 0 Å². The molecule has 4 heteroatoms. The second-order valence-corrected chi connectivity index (χ2v) is 5.31. The molecular weight excluding hydrogens is 352 g/mol. The van der Waals surface area contributed by atoms with Crippen LogP contribution in [0.3, 0.4) is 0 Å². The van der Waals surface area contributed by atoms with Gasteiger partial charge in [0.1, 0.15) is 0 Å². The molecule has 0 radical (unpaired) electrons. The molecule has 2 aromatic carbocycles. The molecule has 0 aromatic heterocycles. The second-order valence-electron chi connectivity index (χ2n) is 5.31. The van der Waals surface area contributed by atoms with Gasteiger partial charge in [-0.25, -0.2) is 9.59 Å². The fourth-order valence-corrected chi connectivity index (χ4v) is 1.28. The van der Waals surface area contributed by atoms with E-state index in [0.29, 0.717) is 24.4 Å². The molecule has 0 spiro atoms. The quantitative estimate of drug-likeness (QED) is 0.507. The summed E-state index contributed by atoms with van der Waals surface area (Å²) in [6, 6.07) is 24.0. The van der Waals surface area contributed by atoms with Gasteiger partial charge in [-0.05, 0) is 27.7 Å². The first-order valence-corrected chi connectivity index (χ1v) is 9.02. The van der Waals surface area contributed by atoms with E-state index in [-0.39, 0.29) is 11.9 Å². The minimum Gasteiger partial charge on any atom is -0.463 e. The Bertz CT molecular complexity index is 536. The third-order valence-electron chi connectivity index (χ3n) is 2.58. The van der Waals surface area contributed by atoms with E-state index in [2.05, 4.69) is 22.6 Å². The van der Waals surface area contributed by atoms with E-state index in [9.17, 15) is 9.59 Å². The molecule has 0 aliphatic carbocycles. The lowest BCUT2D eigenvalue weighted by molar-refractivity contribution is -0.139. The van der Waals surface area contributed by atoms with Crippen molar-refractivity contribution in [1.82, 2.24) is 0 Å². The van der Waals surface area contributed by atoms with Gasteiger partial charge in [-0.1, -0.05) is 86.0 Å². The van der Waals surface area contributed by atoms with Crippen molar-refractivity contribution < 1.29 is 19.1 Å². The number of esters is 2. The summed E-state index contributed by atoms with van der Waals surface area (Å²) in [4.78, 5) is 20.8. The third kappa shape index (κ3) is 20.9. The van der Waals surface area contributed by atoms with Gasteiger partial charge in [0.05, 0.1) is 13.2 Å². The standard InChI is InChI=1S/2C6H10O2.2C6H6/c2*1-4-8-6(7)5(2)3;2*1-2-4-6-5-3-1/h2*2,4H2,1,3H3;2*1-6H. The predicted molar refractivity (Wildman–Crippen MR) is 116 cm³/mol. The Balaban J connectivity index is 0. The molecule has 0 heterocycles. The van der Waals surface area contributed by atoms with Crippen molar-refractivity contribution >= 4 is 11.9 Å². The van der Waals surface area contributed by atoms with Crippen LogP contribution >= 0.6 is 0 Å². The van der Waals surface area contributed by atoms with Gasteiger partial charge in [-0.3, -0.25) is 0 Å². The monoisotopic (exact) mass is 384 g/mol. The molecule has 0 unspecified atom stereocenters. The Kier molecular flexibility index (Phi) is 19.5. The summed E-state index contributed by atoms with van der Waals surface area (Å²) in [7, 11) is 0. The molecule has 0 saturated carbocycles. The van der Waals surface area contributed by atoms with Crippen LogP contribution in [0.5, 0.6) is 0 Å². The number of hydrogen-bond donors (Lipinski definition) is 0. The first kappa shape index (κ1) is 27.1. The normalized spacial score (nSPS) is 8.14. The Morgan fingerprint density at radius 2 is 0.750 bits per heavy atom. The maximum Gasteiger partial charge on any atom is 0.333 e. The maximum absolute atomic E-state index is 10.4. The van der Waals surface area contributed by atoms with Crippen molar-refractivity contribution in [1.29, 1.82) is 0 Å². The molecule has 0 amide bonds. The van der Waals surface area contributed by atoms with E-state index in [0.717, 1.165) is 0 Å². The lowest BCUT2D eigenvalue weighted by atomic mass is 10.4. The smallest absolute Gasteiger partial charge is 0.333 e. The lowest BCUT2D eigenvalue weighted by Crippen LogP contribution is -2.03. The highest BCUT2D eigenvalue weighted by Crippen LogP contribution is 1.90. The van der Waals surface area contributed by atoms with Crippen molar-refractivity contribution in [3.8, 4) is 0 Å². The van der Waals surface area contributed by atoms with Crippen LogP contribution in [0.2, 0.25) is 0 Å². The number of ether oxygens (including phenoxy) is 2. The zero-order valence-corrected chi connectivity index (χ0v) is 17.4. The Morgan fingerprint density at radius 1 is 0.571 bits per heavy atom. The largest absolute Gasteiger partial charge is 0.463 e. The van der Waals surface area contributed by atoms with Crippen LogP contribution in [0.15, 0.2) is 97.1 Å². The van der Waals surface area contributed by atoms with E-state index < -0.39 is 0 Å². The number of carbonyl (C=O) groups is 2. The van der Waals surface area contributed by atoms with Crippen LogP contribution in [0.25, 0.3) is 0 Å². The van der Waals surface area contributed by atoms with Gasteiger partial charge in [0.25, 0.3) is 0 Å². The average Bonchev–Trinajstić information content (AvgIpc) is 2.72. The minimum atomic E-state index is -0.312. The van der Waals surface area contributed by atoms with Crippen LogP contribution in [0, 0.1) is 0 Å². The van der Waals surface area contributed by atoms with Gasteiger partial charge < -0.3 is 9.47 Å². The molecule has 0 bridgehead atoms. The Morgan fingerprint density at radius 3 is 0.821 bits per heavy atom. The molecule has 2 rings (SSSR count). The summed E-state index contributed by atoms with van der Waals surface area (Å²) in [5, 5.41) is 0. The van der Waals surface area contributed by atoms with Gasteiger partial charge in [-0.15, -0.1) is 0 Å². The van der Waals surface area contributed by atoms with Crippen molar-refractivity contribution in [2.45, 2.75) is 27.7 Å². The molecule has 2 aromatic rings. The van der Waals surface area contributed by atoms with Gasteiger partial charge >= 0.3 is 11.9 Å². The number of carbonyl (C=O) groups excluding carboxylic acids is 2. The van der Waals surface area contributed by atoms with Crippen molar-refractivity contribution in [2.24, 2.45) is 0 Å². The molecule has 0 fully saturated rings. The second kappa shape index (κ2) is 20.2. The van der Waals surface area contributed by atoms with Gasteiger partial charge in [0.15, 0.2) is 0 Å². The highest BCUT2D eigenvalue weighted by atomic mass is 16.5. The molecule has 0 aliphatic heterocycles. The first-order chi connectivity index (χ1) is 13.4. The van der Waals surface area contributed by atoms with Gasteiger partial charge in [-0.2, -0.15) is 0 Å². The van der Waals surface area contributed by atoms with Crippen molar-refractivity contribution in [2.75, 3.05) is 13.2 Å². The van der Waals surface area contributed by atoms with Crippen molar-refractivity contribution in [3.05, 3.63) is 97.1 Å². The van der Waals surface area contributed by atoms with Crippen LogP contribution in [-0.2, 0) is 19.1 Å². The summed E-state index contributed by atoms with van der Waals surface area (Å²) in [6.45, 7) is 14.4. The third-order valence-corrected chi connectivity index (χ3v) is 2.58. The highest BCUT2D eigenvalue weighted by molar-refractivity contribution is 5.87. The zero-order valence-electron chi connectivity index (χ0n) is 17.4. The van der Waals surface area contributed by atoms with Crippen LogP contribution in [0.4, 0.5) is 0 Å². The average molecular weight is 385 g/mol. The van der Waals surface area contributed by atoms with E-state index in [1.807, 2.05) is 72.8 Å².